The number of hydrogen-bond donors (Lipinski definition) is 2. The van der Waals surface area contributed by atoms with E-state index >= 15 is 0 Å². The molecule has 1 aromatic heterocycles. The van der Waals surface area contributed by atoms with Gasteiger partial charge in [0.05, 0.1) is 31.6 Å². The van der Waals surface area contributed by atoms with Gasteiger partial charge in [0.15, 0.2) is 0 Å². The highest BCUT2D eigenvalue weighted by molar-refractivity contribution is 5.92. The zero-order chi connectivity index (χ0) is 14.4. The maximum atomic E-state index is 11.7. The van der Waals surface area contributed by atoms with E-state index in [2.05, 4.69) is 20.5 Å². The van der Waals surface area contributed by atoms with Gasteiger partial charge in [-0.1, -0.05) is 13.8 Å². The van der Waals surface area contributed by atoms with Crippen molar-refractivity contribution >= 4 is 17.4 Å². The largest absolute Gasteiger partial charge is 0.378 e. The molecule has 0 unspecified atom stereocenters. The van der Waals surface area contributed by atoms with Crippen molar-refractivity contribution < 1.29 is 9.53 Å². The van der Waals surface area contributed by atoms with Gasteiger partial charge in [-0.2, -0.15) is 0 Å². The van der Waals surface area contributed by atoms with Crippen molar-refractivity contribution in [2.24, 2.45) is 0 Å². The maximum Gasteiger partial charge on any atom is 0.238 e. The topological polar surface area (TPSA) is 66.5 Å². The van der Waals surface area contributed by atoms with Crippen LogP contribution in [0.4, 0.5) is 11.5 Å². The molecule has 1 aliphatic heterocycles. The van der Waals surface area contributed by atoms with Crippen LogP contribution in [0.5, 0.6) is 0 Å². The van der Waals surface area contributed by atoms with Gasteiger partial charge in [-0.05, 0) is 12.1 Å². The zero-order valence-electron chi connectivity index (χ0n) is 12.1. The number of morpholine rings is 1. The van der Waals surface area contributed by atoms with Gasteiger partial charge in [-0.3, -0.25) is 4.79 Å². The smallest absolute Gasteiger partial charge is 0.238 e. The summed E-state index contributed by atoms with van der Waals surface area (Å²) in [6.07, 6.45) is 1.69. The molecule has 6 heteroatoms. The Kier molecular flexibility index (Phi) is 5.31. The number of carbonyl (C=O) groups excluding carboxylic acids is 1. The van der Waals surface area contributed by atoms with Gasteiger partial charge in [0.2, 0.25) is 5.91 Å². The van der Waals surface area contributed by atoms with Crippen molar-refractivity contribution in [2.45, 2.75) is 19.9 Å². The lowest BCUT2D eigenvalue weighted by atomic mass is 10.3. The molecule has 0 saturated carbocycles. The molecule has 2 heterocycles. The third-order valence-electron chi connectivity index (χ3n) is 3.04. The van der Waals surface area contributed by atoms with Crippen molar-refractivity contribution in [1.29, 1.82) is 0 Å². The molecule has 2 rings (SSSR count). The average molecular weight is 278 g/mol. The first kappa shape index (κ1) is 14.7. The lowest BCUT2D eigenvalue weighted by Gasteiger charge is -2.27. The molecule has 0 radical (unpaired) electrons. The molecule has 0 atom stereocenters. The molecule has 6 nitrogen and oxygen atoms in total. The Balaban J connectivity index is 1.86. The summed E-state index contributed by atoms with van der Waals surface area (Å²) in [6.45, 7) is 7.51. The Hall–Kier alpha value is -1.66. The van der Waals surface area contributed by atoms with Crippen LogP contribution in [0.15, 0.2) is 18.3 Å². The van der Waals surface area contributed by atoms with E-state index in [9.17, 15) is 4.79 Å². The first-order valence-corrected chi connectivity index (χ1v) is 6.97. The molecular formula is C14H22N4O2. The fraction of sp³-hybridized carbons (Fsp3) is 0.571. The molecule has 1 fully saturated rings. The molecule has 2 N–H and O–H groups in total. The Bertz CT molecular complexity index is 427. The minimum absolute atomic E-state index is 0.0559. The van der Waals surface area contributed by atoms with Gasteiger partial charge in [0.25, 0.3) is 0 Å². The molecule has 0 aromatic carbocycles. The van der Waals surface area contributed by atoms with Crippen molar-refractivity contribution in [3.63, 3.8) is 0 Å². The van der Waals surface area contributed by atoms with Gasteiger partial charge in [0, 0.05) is 19.1 Å². The summed E-state index contributed by atoms with van der Waals surface area (Å²) in [5.41, 5.74) is 0.720. The summed E-state index contributed by atoms with van der Waals surface area (Å²) >= 11 is 0. The van der Waals surface area contributed by atoms with E-state index in [0.717, 1.165) is 37.8 Å². The molecule has 0 bridgehead atoms. The second kappa shape index (κ2) is 7.21. The fourth-order valence-electron chi connectivity index (χ4n) is 1.94. The number of aromatic nitrogens is 1. The van der Waals surface area contributed by atoms with Gasteiger partial charge in [-0.25, -0.2) is 4.98 Å². The molecule has 110 valence electrons. The SMILES string of the molecule is CC(C)NCC(=O)Nc1ccc(N2CCOCC2)nc1. The molecule has 1 saturated heterocycles. The normalized spacial score (nSPS) is 15.4. The summed E-state index contributed by atoms with van der Waals surface area (Å²) in [6, 6.07) is 4.10. The number of anilines is 2. The molecule has 20 heavy (non-hydrogen) atoms. The number of amides is 1. The van der Waals surface area contributed by atoms with E-state index in [1.807, 2.05) is 26.0 Å². The van der Waals surface area contributed by atoms with Crippen LogP contribution in [0.1, 0.15) is 13.8 Å². The number of nitrogens with one attached hydrogen (secondary N) is 2. The highest BCUT2D eigenvalue weighted by Crippen LogP contribution is 2.15. The Morgan fingerprint density at radius 3 is 2.75 bits per heavy atom. The predicted molar refractivity (Wildman–Crippen MR) is 79.0 cm³/mol. The van der Waals surface area contributed by atoms with Gasteiger partial charge in [-0.15, -0.1) is 0 Å². The minimum Gasteiger partial charge on any atom is -0.378 e. The number of rotatable bonds is 5. The van der Waals surface area contributed by atoms with Crippen LogP contribution >= 0.6 is 0 Å². The number of nitrogens with zero attached hydrogens (tertiary/aromatic N) is 2. The number of ether oxygens (including phenoxy) is 1. The summed E-state index contributed by atoms with van der Waals surface area (Å²) in [7, 11) is 0. The van der Waals surface area contributed by atoms with Gasteiger partial charge in [0.1, 0.15) is 5.82 Å². The number of pyridine rings is 1. The van der Waals surface area contributed by atoms with Crippen LogP contribution in [0.25, 0.3) is 0 Å². The minimum atomic E-state index is -0.0559. The Morgan fingerprint density at radius 1 is 1.40 bits per heavy atom. The van der Waals surface area contributed by atoms with Crippen LogP contribution in [-0.4, -0.2) is 49.8 Å². The summed E-state index contributed by atoms with van der Waals surface area (Å²) in [4.78, 5) is 18.2. The highest BCUT2D eigenvalue weighted by Gasteiger charge is 2.12. The van der Waals surface area contributed by atoms with Crippen molar-refractivity contribution in [3.05, 3.63) is 18.3 Å². The van der Waals surface area contributed by atoms with Crippen LogP contribution in [0.2, 0.25) is 0 Å². The Morgan fingerprint density at radius 2 is 2.15 bits per heavy atom. The third-order valence-corrected chi connectivity index (χ3v) is 3.04. The molecular weight excluding hydrogens is 256 g/mol. The van der Waals surface area contributed by atoms with Gasteiger partial charge < -0.3 is 20.3 Å². The molecule has 1 aromatic rings. The first-order chi connectivity index (χ1) is 9.65. The molecule has 0 spiro atoms. The average Bonchev–Trinajstić information content (AvgIpc) is 2.47. The summed E-state index contributed by atoms with van der Waals surface area (Å²) in [5.74, 6) is 0.867. The third kappa shape index (κ3) is 4.47. The number of hydrogen-bond acceptors (Lipinski definition) is 5. The second-order valence-electron chi connectivity index (χ2n) is 5.09. The second-order valence-corrected chi connectivity index (χ2v) is 5.09. The van der Waals surface area contributed by atoms with Crippen molar-refractivity contribution in [2.75, 3.05) is 43.1 Å². The number of carbonyl (C=O) groups is 1. The van der Waals surface area contributed by atoms with E-state index in [4.69, 9.17) is 4.74 Å². The Labute approximate surface area is 119 Å². The maximum absolute atomic E-state index is 11.7. The van der Waals surface area contributed by atoms with E-state index in [0.29, 0.717) is 12.6 Å². The monoisotopic (exact) mass is 278 g/mol. The summed E-state index contributed by atoms with van der Waals surface area (Å²) in [5, 5.41) is 5.89. The van der Waals surface area contributed by atoms with Crippen LogP contribution < -0.4 is 15.5 Å². The van der Waals surface area contributed by atoms with E-state index < -0.39 is 0 Å². The van der Waals surface area contributed by atoms with E-state index in [1.54, 1.807) is 6.20 Å². The van der Waals surface area contributed by atoms with Crippen LogP contribution in [0.3, 0.4) is 0 Å². The van der Waals surface area contributed by atoms with Crippen molar-refractivity contribution in [1.82, 2.24) is 10.3 Å². The van der Waals surface area contributed by atoms with Crippen molar-refractivity contribution in [3.8, 4) is 0 Å². The zero-order valence-corrected chi connectivity index (χ0v) is 12.1. The molecule has 1 aliphatic rings. The lowest BCUT2D eigenvalue weighted by molar-refractivity contribution is -0.115. The predicted octanol–water partition coefficient (Wildman–Crippen LogP) is 0.855. The van der Waals surface area contributed by atoms with E-state index in [-0.39, 0.29) is 5.91 Å². The van der Waals surface area contributed by atoms with E-state index in [1.165, 1.54) is 0 Å². The van der Waals surface area contributed by atoms with Crippen LogP contribution in [-0.2, 0) is 9.53 Å². The summed E-state index contributed by atoms with van der Waals surface area (Å²) < 4.78 is 5.31. The molecule has 1 amide bonds. The van der Waals surface area contributed by atoms with Gasteiger partial charge >= 0.3 is 0 Å². The first-order valence-electron chi connectivity index (χ1n) is 6.97. The highest BCUT2D eigenvalue weighted by atomic mass is 16.5. The fourth-order valence-corrected chi connectivity index (χ4v) is 1.94. The quantitative estimate of drug-likeness (QED) is 0.836. The lowest BCUT2D eigenvalue weighted by Crippen LogP contribution is -2.36. The molecule has 0 aliphatic carbocycles. The van der Waals surface area contributed by atoms with Crippen LogP contribution in [0, 0.1) is 0 Å². The standard InChI is InChI=1S/C14H22N4O2/c1-11(2)15-10-14(19)17-12-3-4-13(16-9-12)18-5-7-20-8-6-18/h3-4,9,11,15H,5-8,10H2,1-2H3,(H,17,19).